The monoisotopic (exact) mass is 441 g/mol. The maximum atomic E-state index is 13.0. The van der Waals surface area contributed by atoms with Crippen LogP contribution in [0.2, 0.25) is 5.02 Å². The number of piperazine rings is 1. The Hall–Kier alpha value is -2.73. The summed E-state index contributed by atoms with van der Waals surface area (Å²) in [5.41, 5.74) is 3.40. The first-order valence-corrected chi connectivity index (χ1v) is 11.0. The molecule has 2 aromatic carbocycles. The molecule has 0 radical (unpaired) electrons. The number of halogens is 1. The number of carbonyl (C=O) groups excluding carboxylic acids is 2. The van der Waals surface area contributed by atoms with Crippen molar-refractivity contribution in [3.8, 4) is 0 Å². The molecular formula is C24H28ClN3O3. The molecular weight excluding hydrogens is 414 g/mol. The van der Waals surface area contributed by atoms with Gasteiger partial charge in [-0.25, -0.2) is 4.79 Å². The molecule has 4 rings (SSSR count). The van der Waals surface area contributed by atoms with Crippen LogP contribution in [0.5, 0.6) is 0 Å². The zero-order valence-electron chi connectivity index (χ0n) is 18.2. The summed E-state index contributed by atoms with van der Waals surface area (Å²) in [6.07, 6.45) is -0.269. The SMILES string of the molecule is CC(C)(C)OC(=O)N1CCN(c2ccc3c(c2)C(=O)N(Cc2ccc(Cl)cc2)C3)CC1. The first kappa shape index (κ1) is 21.5. The van der Waals surface area contributed by atoms with Gasteiger partial charge in [-0.1, -0.05) is 29.8 Å². The van der Waals surface area contributed by atoms with Gasteiger partial charge in [0.15, 0.2) is 0 Å². The predicted molar refractivity (Wildman–Crippen MR) is 121 cm³/mol. The van der Waals surface area contributed by atoms with Crippen molar-refractivity contribution in [3.63, 3.8) is 0 Å². The summed E-state index contributed by atoms with van der Waals surface area (Å²) in [5.74, 6) is 0.0548. The molecule has 164 valence electrons. The third-order valence-electron chi connectivity index (χ3n) is 5.56. The Balaban J connectivity index is 1.39. The summed E-state index contributed by atoms with van der Waals surface area (Å²) in [5, 5.41) is 0.691. The molecule has 31 heavy (non-hydrogen) atoms. The van der Waals surface area contributed by atoms with Crippen LogP contribution in [0, 0.1) is 0 Å². The summed E-state index contributed by atoms with van der Waals surface area (Å²) in [7, 11) is 0. The van der Waals surface area contributed by atoms with Gasteiger partial charge in [-0.05, 0) is 56.2 Å². The quantitative estimate of drug-likeness (QED) is 0.701. The smallest absolute Gasteiger partial charge is 0.410 e. The molecule has 2 heterocycles. The summed E-state index contributed by atoms with van der Waals surface area (Å²) < 4.78 is 5.47. The van der Waals surface area contributed by atoms with E-state index >= 15 is 0 Å². The number of nitrogens with zero attached hydrogens (tertiary/aromatic N) is 3. The van der Waals surface area contributed by atoms with E-state index < -0.39 is 5.60 Å². The van der Waals surface area contributed by atoms with Crippen LogP contribution in [-0.2, 0) is 17.8 Å². The highest BCUT2D eigenvalue weighted by atomic mass is 35.5. The van der Waals surface area contributed by atoms with Gasteiger partial charge in [-0.2, -0.15) is 0 Å². The van der Waals surface area contributed by atoms with Crippen LogP contribution in [0.3, 0.4) is 0 Å². The van der Waals surface area contributed by atoms with E-state index in [9.17, 15) is 9.59 Å². The van der Waals surface area contributed by atoms with Crippen molar-refractivity contribution in [1.82, 2.24) is 9.80 Å². The number of ether oxygens (including phenoxy) is 1. The number of benzene rings is 2. The molecule has 1 fully saturated rings. The first-order valence-electron chi connectivity index (χ1n) is 10.6. The number of amides is 2. The highest BCUT2D eigenvalue weighted by molar-refractivity contribution is 6.30. The van der Waals surface area contributed by atoms with Crippen molar-refractivity contribution in [2.24, 2.45) is 0 Å². The van der Waals surface area contributed by atoms with E-state index in [1.54, 1.807) is 4.90 Å². The van der Waals surface area contributed by atoms with Gasteiger partial charge in [0.05, 0.1) is 0 Å². The molecule has 2 aliphatic heterocycles. The molecule has 2 aromatic rings. The topological polar surface area (TPSA) is 53.1 Å². The molecule has 0 saturated carbocycles. The lowest BCUT2D eigenvalue weighted by Gasteiger charge is -2.36. The van der Waals surface area contributed by atoms with Crippen molar-refractivity contribution < 1.29 is 14.3 Å². The number of fused-ring (bicyclic) bond motifs is 1. The second kappa shape index (κ2) is 8.42. The average molecular weight is 442 g/mol. The highest BCUT2D eigenvalue weighted by Crippen LogP contribution is 2.29. The van der Waals surface area contributed by atoms with Gasteiger partial charge in [0.1, 0.15) is 5.60 Å². The largest absolute Gasteiger partial charge is 0.444 e. The van der Waals surface area contributed by atoms with Crippen LogP contribution in [0.4, 0.5) is 10.5 Å². The molecule has 0 aliphatic carbocycles. The molecule has 0 aromatic heterocycles. The van der Waals surface area contributed by atoms with Gasteiger partial charge in [-0.15, -0.1) is 0 Å². The van der Waals surface area contributed by atoms with Crippen LogP contribution in [0.1, 0.15) is 42.3 Å². The highest BCUT2D eigenvalue weighted by Gasteiger charge is 2.30. The number of carbonyl (C=O) groups is 2. The van der Waals surface area contributed by atoms with Crippen LogP contribution in [-0.4, -0.2) is 53.6 Å². The molecule has 0 N–H and O–H groups in total. The Bertz CT molecular complexity index is 977. The van der Waals surface area contributed by atoms with Crippen molar-refractivity contribution in [3.05, 3.63) is 64.2 Å². The Morgan fingerprint density at radius 2 is 1.71 bits per heavy atom. The summed E-state index contributed by atoms with van der Waals surface area (Å²) in [6.45, 7) is 9.42. The van der Waals surface area contributed by atoms with Crippen molar-refractivity contribution >= 4 is 29.3 Å². The molecule has 6 nitrogen and oxygen atoms in total. The minimum atomic E-state index is -0.494. The number of anilines is 1. The first-order chi connectivity index (χ1) is 14.7. The van der Waals surface area contributed by atoms with E-state index in [1.807, 2.05) is 62.1 Å². The van der Waals surface area contributed by atoms with Crippen LogP contribution < -0.4 is 4.90 Å². The van der Waals surface area contributed by atoms with E-state index in [4.69, 9.17) is 16.3 Å². The number of hydrogen-bond donors (Lipinski definition) is 0. The van der Waals surface area contributed by atoms with Crippen molar-refractivity contribution in [2.45, 2.75) is 39.5 Å². The van der Waals surface area contributed by atoms with Crippen molar-refractivity contribution in [1.29, 1.82) is 0 Å². The minimum absolute atomic E-state index is 0.0548. The fraction of sp³-hybridized carbons (Fsp3) is 0.417. The van der Waals surface area contributed by atoms with Crippen LogP contribution >= 0.6 is 11.6 Å². The van der Waals surface area contributed by atoms with E-state index in [-0.39, 0.29) is 12.0 Å². The average Bonchev–Trinajstić information content (AvgIpc) is 3.03. The zero-order chi connectivity index (χ0) is 22.2. The Kier molecular flexibility index (Phi) is 5.84. The van der Waals surface area contributed by atoms with Crippen LogP contribution in [0.25, 0.3) is 0 Å². The van der Waals surface area contributed by atoms with E-state index in [1.165, 1.54) is 0 Å². The molecule has 7 heteroatoms. The molecule has 1 saturated heterocycles. The standard InChI is InChI=1S/C24H28ClN3O3/c1-24(2,3)31-23(30)27-12-10-26(11-13-27)20-9-6-18-16-28(22(29)21(18)14-20)15-17-4-7-19(25)8-5-17/h4-9,14H,10-13,15-16H2,1-3H3. The molecule has 0 spiro atoms. The molecule has 2 aliphatic rings. The van der Waals surface area contributed by atoms with E-state index in [0.717, 1.165) is 22.4 Å². The van der Waals surface area contributed by atoms with Gasteiger partial charge in [-0.3, -0.25) is 4.79 Å². The molecule has 0 atom stereocenters. The second-order valence-corrected chi connectivity index (χ2v) is 9.52. The third-order valence-corrected chi connectivity index (χ3v) is 5.81. The summed E-state index contributed by atoms with van der Waals surface area (Å²) >= 11 is 5.96. The second-order valence-electron chi connectivity index (χ2n) is 9.08. The summed E-state index contributed by atoms with van der Waals surface area (Å²) in [6, 6.07) is 13.7. The molecule has 0 unspecified atom stereocenters. The number of rotatable bonds is 3. The third kappa shape index (κ3) is 4.96. The van der Waals surface area contributed by atoms with Gasteiger partial charge < -0.3 is 19.4 Å². The van der Waals surface area contributed by atoms with Crippen LogP contribution in [0.15, 0.2) is 42.5 Å². The Morgan fingerprint density at radius 1 is 1.03 bits per heavy atom. The number of hydrogen-bond acceptors (Lipinski definition) is 4. The van der Waals surface area contributed by atoms with Gasteiger partial charge in [0.2, 0.25) is 0 Å². The van der Waals surface area contributed by atoms with Gasteiger partial charge >= 0.3 is 6.09 Å². The predicted octanol–water partition coefficient (Wildman–Crippen LogP) is 4.55. The van der Waals surface area contributed by atoms with E-state index in [2.05, 4.69) is 11.0 Å². The maximum absolute atomic E-state index is 13.0. The zero-order valence-corrected chi connectivity index (χ0v) is 19.0. The van der Waals surface area contributed by atoms with E-state index in [0.29, 0.717) is 44.3 Å². The lowest BCUT2D eigenvalue weighted by Crippen LogP contribution is -2.50. The molecule has 2 amide bonds. The van der Waals surface area contributed by atoms with Crippen molar-refractivity contribution in [2.75, 3.05) is 31.1 Å². The normalized spacial score (nSPS) is 16.5. The molecule has 0 bridgehead atoms. The fourth-order valence-corrected chi connectivity index (χ4v) is 4.08. The maximum Gasteiger partial charge on any atom is 0.410 e. The van der Waals surface area contributed by atoms with Gasteiger partial charge in [0, 0.05) is 55.5 Å². The Labute approximate surface area is 188 Å². The summed E-state index contributed by atoms with van der Waals surface area (Å²) in [4.78, 5) is 31.1. The Morgan fingerprint density at radius 3 is 2.35 bits per heavy atom. The minimum Gasteiger partial charge on any atom is -0.444 e. The van der Waals surface area contributed by atoms with Gasteiger partial charge in [0.25, 0.3) is 5.91 Å². The lowest BCUT2D eigenvalue weighted by atomic mass is 10.1. The lowest BCUT2D eigenvalue weighted by molar-refractivity contribution is 0.0240. The fourth-order valence-electron chi connectivity index (χ4n) is 3.96.